The Kier molecular flexibility index (Phi) is 4.95. The summed E-state index contributed by atoms with van der Waals surface area (Å²) in [5.74, 6) is 0.920. The van der Waals surface area contributed by atoms with Crippen LogP contribution in [0.1, 0.15) is 53.4 Å². The number of nitrogens with zero attached hydrogens (tertiary/aromatic N) is 2. The zero-order valence-corrected chi connectivity index (χ0v) is 14.0. The fourth-order valence-electron chi connectivity index (χ4n) is 3.68. The van der Waals surface area contributed by atoms with Gasteiger partial charge in [0, 0.05) is 32.6 Å². The Balaban J connectivity index is 1.94. The molecule has 0 aromatic carbocycles. The van der Waals surface area contributed by atoms with Crippen molar-refractivity contribution in [3.05, 3.63) is 0 Å². The highest BCUT2D eigenvalue weighted by Gasteiger charge is 2.37. The van der Waals surface area contributed by atoms with Crippen LogP contribution in [-0.4, -0.2) is 47.8 Å². The minimum absolute atomic E-state index is 0.108. The highest BCUT2D eigenvalue weighted by Crippen LogP contribution is 2.34. The maximum Gasteiger partial charge on any atom is 0.227 e. The van der Waals surface area contributed by atoms with Gasteiger partial charge in [-0.25, -0.2) is 0 Å². The van der Waals surface area contributed by atoms with Crippen LogP contribution in [0, 0.1) is 17.3 Å². The SMILES string of the molecule is CCN1C[C@@H](C(=O)N2CCC[C@H](C(C)(C)C)CC2)CC1=O. The van der Waals surface area contributed by atoms with Crippen molar-refractivity contribution in [3.63, 3.8) is 0 Å². The molecule has 2 amide bonds. The number of hydrogen-bond acceptors (Lipinski definition) is 2. The molecule has 2 saturated heterocycles. The van der Waals surface area contributed by atoms with E-state index in [4.69, 9.17) is 0 Å². The highest BCUT2D eigenvalue weighted by molar-refractivity contribution is 5.89. The highest BCUT2D eigenvalue weighted by atomic mass is 16.2. The molecule has 2 fully saturated rings. The Labute approximate surface area is 128 Å². The summed E-state index contributed by atoms with van der Waals surface area (Å²) in [6.07, 6.45) is 3.79. The number of carbonyl (C=O) groups is 2. The standard InChI is InChI=1S/C17H30N2O2/c1-5-18-12-13(11-15(18)20)16(21)19-9-6-7-14(8-10-19)17(2,3)4/h13-14H,5-12H2,1-4H3/t13-,14-/m0/s1. The summed E-state index contributed by atoms with van der Waals surface area (Å²) >= 11 is 0. The van der Waals surface area contributed by atoms with E-state index in [1.807, 2.05) is 11.8 Å². The third-order valence-electron chi connectivity index (χ3n) is 5.21. The van der Waals surface area contributed by atoms with Crippen molar-refractivity contribution in [2.24, 2.45) is 17.3 Å². The van der Waals surface area contributed by atoms with E-state index in [2.05, 4.69) is 20.8 Å². The number of rotatable bonds is 2. The summed E-state index contributed by atoms with van der Waals surface area (Å²) in [5, 5.41) is 0. The van der Waals surface area contributed by atoms with Crippen molar-refractivity contribution >= 4 is 11.8 Å². The first-order valence-electron chi connectivity index (χ1n) is 8.39. The van der Waals surface area contributed by atoms with E-state index in [9.17, 15) is 9.59 Å². The Morgan fingerprint density at radius 1 is 1.24 bits per heavy atom. The van der Waals surface area contributed by atoms with Gasteiger partial charge in [-0.1, -0.05) is 20.8 Å². The second-order valence-electron chi connectivity index (χ2n) is 7.65. The fourth-order valence-corrected chi connectivity index (χ4v) is 3.68. The number of amides is 2. The van der Waals surface area contributed by atoms with Crippen molar-refractivity contribution in [1.29, 1.82) is 0 Å². The predicted molar refractivity (Wildman–Crippen MR) is 83.7 cm³/mol. The second-order valence-corrected chi connectivity index (χ2v) is 7.65. The average molecular weight is 294 g/mol. The van der Waals surface area contributed by atoms with Gasteiger partial charge in [-0.3, -0.25) is 9.59 Å². The summed E-state index contributed by atoms with van der Waals surface area (Å²) < 4.78 is 0. The molecule has 0 spiro atoms. The van der Waals surface area contributed by atoms with Crippen LogP contribution in [0.15, 0.2) is 0 Å². The lowest BCUT2D eigenvalue weighted by Crippen LogP contribution is -2.38. The lowest BCUT2D eigenvalue weighted by molar-refractivity contribution is -0.135. The number of likely N-dealkylation sites (tertiary alicyclic amines) is 2. The first kappa shape index (κ1) is 16.3. The normalized spacial score (nSPS) is 27.9. The van der Waals surface area contributed by atoms with Gasteiger partial charge >= 0.3 is 0 Å². The van der Waals surface area contributed by atoms with Crippen molar-refractivity contribution in [1.82, 2.24) is 9.80 Å². The Morgan fingerprint density at radius 3 is 2.52 bits per heavy atom. The van der Waals surface area contributed by atoms with E-state index in [0.29, 0.717) is 30.8 Å². The third kappa shape index (κ3) is 3.78. The largest absolute Gasteiger partial charge is 0.342 e. The number of hydrogen-bond donors (Lipinski definition) is 0. The van der Waals surface area contributed by atoms with E-state index in [0.717, 1.165) is 25.9 Å². The minimum atomic E-state index is -0.108. The Morgan fingerprint density at radius 2 is 1.95 bits per heavy atom. The van der Waals surface area contributed by atoms with E-state index >= 15 is 0 Å². The zero-order chi connectivity index (χ0) is 15.6. The van der Waals surface area contributed by atoms with Crippen LogP contribution in [0.5, 0.6) is 0 Å². The number of carbonyl (C=O) groups excluding carboxylic acids is 2. The maximum atomic E-state index is 12.7. The van der Waals surface area contributed by atoms with Crippen molar-refractivity contribution in [2.75, 3.05) is 26.2 Å². The molecule has 2 heterocycles. The van der Waals surface area contributed by atoms with Gasteiger partial charge in [-0.05, 0) is 37.5 Å². The van der Waals surface area contributed by atoms with Crippen molar-refractivity contribution in [3.8, 4) is 0 Å². The molecule has 120 valence electrons. The lowest BCUT2D eigenvalue weighted by Gasteiger charge is -2.30. The molecule has 2 aliphatic heterocycles. The molecule has 0 saturated carbocycles. The molecule has 0 aromatic rings. The second kappa shape index (κ2) is 6.37. The molecule has 2 aliphatic rings. The van der Waals surface area contributed by atoms with Gasteiger partial charge in [0.15, 0.2) is 0 Å². The molecule has 0 N–H and O–H groups in total. The molecule has 4 heteroatoms. The summed E-state index contributed by atoms with van der Waals surface area (Å²) in [6, 6.07) is 0. The molecule has 2 atom stereocenters. The fraction of sp³-hybridized carbons (Fsp3) is 0.882. The Hall–Kier alpha value is -1.06. The van der Waals surface area contributed by atoms with Crippen LogP contribution >= 0.6 is 0 Å². The van der Waals surface area contributed by atoms with E-state index in [1.165, 1.54) is 6.42 Å². The molecule has 0 aromatic heterocycles. The van der Waals surface area contributed by atoms with Crippen LogP contribution in [0.25, 0.3) is 0 Å². The summed E-state index contributed by atoms with van der Waals surface area (Å²) in [5.41, 5.74) is 0.321. The van der Waals surface area contributed by atoms with E-state index < -0.39 is 0 Å². The third-order valence-corrected chi connectivity index (χ3v) is 5.21. The van der Waals surface area contributed by atoms with E-state index in [1.54, 1.807) is 4.90 Å². The molecule has 21 heavy (non-hydrogen) atoms. The zero-order valence-electron chi connectivity index (χ0n) is 14.0. The molecular weight excluding hydrogens is 264 g/mol. The molecule has 4 nitrogen and oxygen atoms in total. The quantitative estimate of drug-likeness (QED) is 0.785. The smallest absolute Gasteiger partial charge is 0.227 e. The summed E-state index contributed by atoms with van der Waals surface area (Å²) in [6.45, 7) is 11.9. The molecule has 2 rings (SSSR count). The molecule has 0 unspecified atom stereocenters. The van der Waals surface area contributed by atoms with Crippen LogP contribution in [-0.2, 0) is 9.59 Å². The van der Waals surface area contributed by atoms with Crippen molar-refractivity contribution in [2.45, 2.75) is 53.4 Å². The monoisotopic (exact) mass is 294 g/mol. The molecule has 0 radical (unpaired) electrons. The predicted octanol–water partition coefficient (Wildman–Crippen LogP) is 2.53. The average Bonchev–Trinajstić information content (AvgIpc) is 2.63. The van der Waals surface area contributed by atoms with Gasteiger partial charge in [0.05, 0.1) is 5.92 Å². The van der Waals surface area contributed by atoms with Crippen LogP contribution in [0.4, 0.5) is 0 Å². The van der Waals surface area contributed by atoms with E-state index in [-0.39, 0.29) is 17.7 Å². The van der Waals surface area contributed by atoms with Crippen LogP contribution < -0.4 is 0 Å². The first-order chi connectivity index (χ1) is 9.82. The van der Waals surface area contributed by atoms with Gasteiger partial charge < -0.3 is 9.80 Å². The van der Waals surface area contributed by atoms with Gasteiger partial charge in [0.2, 0.25) is 11.8 Å². The van der Waals surface area contributed by atoms with Crippen LogP contribution in [0.2, 0.25) is 0 Å². The van der Waals surface area contributed by atoms with Gasteiger partial charge in [0.1, 0.15) is 0 Å². The Bertz CT molecular complexity index is 400. The minimum Gasteiger partial charge on any atom is -0.342 e. The maximum absolute atomic E-state index is 12.7. The summed E-state index contributed by atoms with van der Waals surface area (Å²) in [7, 11) is 0. The molecule has 0 aliphatic carbocycles. The molecular formula is C17H30N2O2. The van der Waals surface area contributed by atoms with Crippen LogP contribution in [0.3, 0.4) is 0 Å². The van der Waals surface area contributed by atoms with Crippen molar-refractivity contribution < 1.29 is 9.59 Å². The van der Waals surface area contributed by atoms with Gasteiger partial charge in [-0.15, -0.1) is 0 Å². The topological polar surface area (TPSA) is 40.6 Å². The van der Waals surface area contributed by atoms with Gasteiger partial charge in [0.25, 0.3) is 0 Å². The lowest BCUT2D eigenvalue weighted by atomic mass is 9.77. The molecule has 0 bridgehead atoms. The summed E-state index contributed by atoms with van der Waals surface area (Å²) in [4.78, 5) is 28.3. The first-order valence-corrected chi connectivity index (χ1v) is 8.39. The van der Waals surface area contributed by atoms with Gasteiger partial charge in [-0.2, -0.15) is 0 Å².